The number of halogens is 2. The highest BCUT2D eigenvalue weighted by Gasteiger charge is 2.01. The van der Waals surface area contributed by atoms with Crippen LogP contribution in [0.3, 0.4) is 0 Å². The van der Waals surface area contributed by atoms with Gasteiger partial charge in [0.2, 0.25) is 0 Å². The lowest BCUT2D eigenvalue weighted by atomic mass is 10.1. The minimum absolute atomic E-state index is 0. The second-order valence-electron chi connectivity index (χ2n) is 3.00. The van der Waals surface area contributed by atoms with Crippen LogP contribution in [0.4, 0.5) is 4.39 Å². The first-order valence-electron chi connectivity index (χ1n) is 4.22. The molecule has 1 aromatic rings. The van der Waals surface area contributed by atoms with Gasteiger partial charge < -0.3 is 5.73 Å². The van der Waals surface area contributed by atoms with E-state index >= 15 is 0 Å². The Kier molecular flexibility index (Phi) is 5.67. The van der Waals surface area contributed by atoms with Crippen molar-refractivity contribution < 1.29 is 4.39 Å². The first-order valence-corrected chi connectivity index (χ1v) is 4.22. The molecule has 0 amide bonds. The van der Waals surface area contributed by atoms with Gasteiger partial charge >= 0.3 is 0 Å². The quantitative estimate of drug-likeness (QED) is 0.803. The van der Waals surface area contributed by atoms with Crippen molar-refractivity contribution in [2.24, 2.45) is 5.73 Å². The summed E-state index contributed by atoms with van der Waals surface area (Å²) in [5, 5.41) is 0. The molecule has 0 aliphatic rings. The van der Waals surface area contributed by atoms with Crippen LogP contribution in [-0.2, 0) is 6.42 Å². The molecule has 74 valence electrons. The van der Waals surface area contributed by atoms with E-state index in [1.807, 2.05) is 13.0 Å². The van der Waals surface area contributed by atoms with E-state index in [-0.39, 0.29) is 24.3 Å². The normalized spacial score (nSPS) is 11.9. The largest absolute Gasteiger partial charge is 0.327 e. The zero-order valence-corrected chi connectivity index (χ0v) is 8.48. The fourth-order valence-corrected chi connectivity index (χ4v) is 1.11. The van der Waals surface area contributed by atoms with E-state index in [9.17, 15) is 4.39 Å². The molecule has 0 fully saturated rings. The summed E-state index contributed by atoms with van der Waals surface area (Å²) in [6.45, 7) is 2.03. The molecule has 3 heteroatoms. The minimum atomic E-state index is -0.184. The van der Waals surface area contributed by atoms with Crippen molar-refractivity contribution in [2.45, 2.75) is 25.8 Å². The number of benzene rings is 1. The van der Waals surface area contributed by atoms with Crippen molar-refractivity contribution in [3.8, 4) is 0 Å². The van der Waals surface area contributed by atoms with Gasteiger partial charge in [0.05, 0.1) is 0 Å². The average Bonchev–Trinajstić information content (AvgIpc) is 2.04. The van der Waals surface area contributed by atoms with Crippen LogP contribution in [0.1, 0.15) is 18.9 Å². The van der Waals surface area contributed by atoms with Crippen LogP contribution in [0.2, 0.25) is 0 Å². The third kappa shape index (κ3) is 4.25. The maximum atomic E-state index is 12.7. The molecule has 1 atom stereocenters. The van der Waals surface area contributed by atoms with Crippen LogP contribution >= 0.6 is 12.4 Å². The Morgan fingerprint density at radius 1 is 1.46 bits per heavy atom. The highest BCUT2D eigenvalue weighted by molar-refractivity contribution is 5.85. The van der Waals surface area contributed by atoms with E-state index in [0.717, 1.165) is 18.4 Å². The van der Waals surface area contributed by atoms with Gasteiger partial charge in [-0.3, -0.25) is 0 Å². The first-order chi connectivity index (χ1) is 5.72. The maximum absolute atomic E-state index is 12.7. The fraction of sp³-hybridized carbons (Fsp3) is 0.400. The van der Waals surface area contributed by atoms with Gasteiger partial charge in [0, 0.05) is 6.04 Å². The Labute approximate surface area is 84.5 Å². The lowest BCUT2D eigenvalue weighted by Crippen LogP contribution is -2.21. The Balaban J connectivity index is 0.00000144. The Bertz CT molecular complexity index is 252. The molecular weight excluding hydrogens is 189 g/mol. The lowest BCUT2D eigenvalue weighted by molar-refractivity contribution is 0.614. The van der Waals surface area contributed by atoms with Crippen molar-refractivity contribution in [3.63, 3.8) is 0 Å². The molecule has 1 aromatic carbocycles. The van der Waals surface area contributed by atoms with Gasteiger partial charge in [0.15, 0.2) is 0 Å². The molecule has 0 aliphatic carbocycles. The highest BCUT2D eigenvalue weighted by atomic mass is 35.5. The zero-order valence-electron chi connectivity index (χ0n) is 7.66. The molecule has 13 heavy (non-hydrogen) atoms. The van der Waals surface area contributed by atoms with Crippen LogP contribution in [0.25, 0.3) is 0 Å². The molecule has 2 N–H and O–H groups in total. The number of hydrogen-bond acceptors (Lipinski definition) is 1. The summed E-state index contributed by atoms with van der Waals surface area (Å²) in [6.07, 6.45) is 1.69. The van der Waals surface area contributed by atoms with Crippen molar-refractivity contribution >= 4 is 12.4 Å². The Hall–Kier alpha value is -0.600. The zero-order chi connectivity index (χ0) is 8.97. The van der Waals surface area contributed by atoms with Crippen LogP contribution in [0, 0.1) is 5.82 Å². The molecule has 1 nitrogen and oxygen atoms in total. The third-order valence-electron chi connectivity index (χ3n) is 1.91. The van der Waals surface area contributed by atoms with Crippen LogP contribution in [0.15, 0.2) is 24.3 Å². The van der Waals surface area contributed by atoms with E-state index in [2.05, 4.69) is 0 Å². The Morgan fingerprint density at radius 3 is 2.69 bits per heavy atom. The van der Waals surface area contributed by atoms with Crippen molar-refractivity contribution in [3.05, 3.63) is 35.6 Å². The molecule has 0 saturated carbocycles. The fourth-order valence-electron chi connectivity index (χ4n) is 1.11. The Morgan fingerprint density at radius 2 is 2.15 bits per heavy atom. The van der Waals surface area contributed by atoms with E-state index < -0.39 is 0 Å². The summed E-state index contributed by atoms with van der Waals surface area (Å²) < 4.78 is 12.7. The van der Waals surface area contributed by atoms with Gasteiger partial charge in [0.25, 0.3) is 0 Å². The minimum Gasteiger partial charge on any atom is -0.327 e. The summed E-state index contributed by atoms with van der Waals surface area (Å²) in [6, 6.07) is 6.74. The second-order valence-corrected chi connectivity index (χ2v) is 3.00. The molecule has 0 bridgehead atoms. The molecule has 0 radical (unpaired) electrons. The van der Waals surface area contributed by atoms with E-state index in [0.29, 0.717) is 0 Å². The number of nitrogens with two attached hydrogens (primary N) is 1. The van der Waals surface area contributed by atoms with Crippen LogP contribution < -0.4 is 5.73 Å². The highest BCUT2D eigenvalue weighted by Crippen LogP contribution is 2.06. The standard InChI is InChI=1S/C10H14FN.ClH/c1-2-10(12)7-8-4-3-5-9(11)6-8;/h3-6,10H,2,7,12H2,1H3;1H. The van der Waals surface area contributed by atoms with Crippen LogP contribution in [-0.4, -0.2) is 6.04 Å². The molecule has 0 heterocycles. The molecular formula is C10H15ClFN. The van der Waals surface area contributed by atoms with E-state index in [1.165, 1.54) is 12.1 Å². The predicted octanol–water partition coefficient (Wildman–Crippen LogP) is 2.53. The molecule has 0 aliphatic heterocycles. The SMILES string of the molecule is CCC(N)Cc1cccc(F)c1.Cl. The summed E-state index contributed by atoms with van der Waals surface area (Å²) >= 11 is 0. The summed E-state index contributed by atoms with van der Waals surface area (Å²) in [5.74, 6) is -0.184. The summed E-state index contributed by atoms with van der Waals surface area (Å²) in [4.78, 5) is 0. The van der Waals surface area contributed by atoms with E-state index in [1.54, 1.807) is 6.07 Å². The first kappa shape index (κ1) is 12.4. The molecule has 0 aromatic heterocycles. The number of hydrogen-bond donors (Lipinski definition) is 1. The van der Waals surface area contributed by atoms with Crippen molar-refractivity contribution in [2.75, 3.05) is 0 Å². The lowest BCUT2D eigenvalue weighted by Gasteiger charge is -2.07. The van der Waals surface area contributed by atoms with Crippen LogP contribution in [0.5, 0.6) is 0 Å². The van der Waals surface area contributed by atoms with Crippen molar-refractivity contribution in [1.82, 2.24) is 0 Å². The van der Waals surface area contributed by atoms with Gasteiger partial charge in [-0.25, -0.2) is 4.39 Å². The smallest absolute Gasteiger partial charge is 0.123 e. The van der Waals surface area contributed by atoms with Gasteiger partial charge in [-0.05, 0) is 30.5 Å². The predicted molar refractivity (Wildman–Crippen MR) is 55.6 cm³/mol. The molecule has 0 saturated heterocycles. The van der Waals surface area contributed by atoms with Gasteiger partial charge in [-0.15, -0.1) is 12.4 Å². The molecule has 0 spiro atoms. The van der Waals surface area contributed by atoms with Crippen molar-refractivity contribution in [1.29, 1.82) is 0 Å². The second kappa shape index (κ2) is 5.95. The van der Waals surface area contributed by atoms with Gasteiger partial charge in [0.1, 0.15) is 5.82 Å². The molecule has 1 unspecified atom stereocenters. The van der Waals surface area contributed by atoms with E-state index in [4.69, 9.17) is 5.73 Å². The average molecular weight is 204 g/mol. The van der Waals surface area contributed by atoms with Gasteiger partial charge in [-0.1, -0.05) is 19.1 Å². The third-order valence-corrected chi connectivity index (χ3v) is 1.91. The number of rotatable bonds is 3. The molecule has 1 rings (SSSR count). The topological polar surface area (TPSA) is 26.0 Å². The van der Waals surface area contributed by atoms with Gasteiger partial charge in [-0.2, -0.15) is 0 Å². The summed E-state index contributed by atoms with van der Waals surface area (Å²) in [5.41, 5.74) is 6.71. The maximum Gasteiger partial charge on any atom is 0.123 e. The monoisotopic (exact) mass is 203 g/mol. The summed E-state index contributed by atoms with van der Waals surface area (Å²) in [7, 11) is 0.